The van der Waals surface area contributed by atoms with E-state index in [0.717, 1.165) is 11.8 Å². The third-order valence-electron chi connectivity index (χ3n) is 3.87. The normalized spacial score (nSPS) is 10.3. The Kier molecular flexibility index (Phi) is 5.47. The maximum absolute atomic E-state index is 13.2. The lowest BCUT2D eigenvalue weighted by molar-refractivity contribution is 0.0993. The first kappa shape index (κ1) is 18.5. The molecule has 0 saturated heterocycles. The lowest BCUT2D eigenvalue weighted by atomic mass is 10.2. The Balaban J connectivity index is 1.79. The summed E-state index contributed by atoms with van der Waals surface area (Å²) in [6.45, 7) is 0. The first-order chi connectivity index (χ1) is 13.0. The van der Waals surface area contributed by atoms with Crippen LogP contribution >= 0.6 is 11.6 Å². The topological polar surface area (TPSA) is 62.3 Å². The molecule has 5 nitrogen and oxygen atoms in total. The van der Waals surface area contributed by atoms with Gasteiger partial charge in [-0.05, 0) is 42.5 Å². The number of amides is 2. The monoisotopic (exact) mass is 383 g/mol. The first-order valence-electron chi connectivity index (χ1n) is 8.01. The quantitative estimate of drug-likeness (QED) is 0.726. The van der Waals surface area contributed by atoms with Gasteiger partial charge in [-0.2, -0.15) is 0 Å². The minimum absolute atomic E-state index is 0.0581. The zero-order valence-corrected chi connectivity index (χ0v) is 15.1. The Bertz CT molecular complexity index is 996. The summed E-state index contributed by atoms with van der Waals surface area (Å²) in [5, 5.41) is 2.47. The van der Waals surface area contributed by atoms with Crippen molar-refractivity contribution in [2.75, 3.05) is 17.3 Å². The second-order valence-corrected chi connectivity index (χ2v) is 6.12. The predicted octanol–water partition coefficient (Wildman–Crippen LogP) is 4.40. The van der Waals surface area contributed by atoms with Crippen molar-refractivity contribution in [1.29, 1.82) is 0 Å². The van der Waals surface area contributed by atoms with Crippen molar-refractivity contribution in [3.05, 3.63) is 89.0 Å². The Morgan fingerprint density at radius 2 is 1.81 bits per heavy atom. The van der Waals surface area contributed by atoms with Crippen LogP contribution in [0, 0.1) is 5.82 Å². The van der Waals surface area contributed by atoms with Crippen LogP contribution in [0.3, 0.4) is 0 Å². The Morgan fingerprint density at radius 1 is 1.07 bits per heavy atom. The summed E-state index contributed by atoms with van der Waals surface area (Å²) in [4.78, 5) is 30.5. The smallest absolute Gasteiger partial charge is 0.274 e. The number of para-hydroxylation sites is 1. The summed E-state index contributed by atoms with van der Waals surface area (Å²) in [7, 11) is 1.65. The van der Waals surface area contributed by atoms with E-state index in [-0.39, 0.29) is 16.6 Å². The zero-order valence-electron chi connectivity index (χ0n) is 14.3. The fourth-order valence-electron chi connectivity index (χ4n) is 2.42. The number of rotatable bonds is 4. The highest BCUT2D eigenvalue weighted by molar-refractivity contribution is 6.31. The molecule has 136 valence electrons. The van der Waals surface area contributed by atoms with Crippen molar-refractivity contribution in [3.63, 3.8) is 0 Å². The molecule has 3 rings (SSSR count). The highest BCUT2D eigenvalue weighted by Gasteiger charge is 2.16. The van der Waals surface area contributed by atoms with Gasteiger partial charge >= 0.3 is 0 Å². The Labute approximate surface area is 160 Å². The number of carbonyl (C=O) groups excluding carboxylic acids is 2. The van der Waals surface area contributed by atoms with Crippen molar-refractivity contribution < 1.29 is 14.0 Å². The van der Waals surface area contributed by atoms with Crippen LogP contribution in [0.15, 0.2) is 66.9 Å². The van der Waals surface area contributed by atoms with Gasteiger partial charge in [0.15, 0.2) is 0 Å². The van der Waals surface area contributed by atoms with Crippen molar-refractivity contribution in [2.24, 2.45) is 0 Å². The molecule has 0 unspecified atom stereocenters. The molecule has 1 N–H and O–H groups in total. The molecule has 1 aromatic heterocycles. The largest absolute Gasteiger partial charge is 0.321 e. The van der Waals surface area contributed by atoms with Crippen LogP contribution in [0.1, 0.15) is 20.8 Å². The van der Waals surface area contributed by atoms with Crippen molar-refractivity contribution in [3.8, 4) is 0 Å². The third-order valence-corrected chi connectivity index (χ3v) is 4.15. The molecule has 3 aromatic rings. The number of nitrogens with one attached hydrogen (secondary N) is 1. The SMILES string of the molecule is CN(C(=O)c1ccnc(C(=O)Nc2ccc(F)c(Cl)c2)c1)c1ccccc1. The standard InChI is InChI=1S/C20H15ClFN3O2/c1-25(15-5-3-2-4-6-15)20(27)13-9-10-23-18(11-13)19(26)24-14-7-8-17(22)16(21)12-14/h2-12H,1H3,(H,24,26). The number of aromatic nitrogens is 1. The average molecular weight is 384 g/mol. The van der Waals surface area contributed by atoms with E-state index in [2.05, 4.69) is 10.3 Å². The number of benzene rings is 2. The van der Waals surface area contributed by atoms with Crippen LogP contribution in [0.4, 0.5) is 15.8 Å². The van der Waals surface area contributed by atoms with E-state index < -0.39 is 11.7 Å². The molecule has 7 heteroatoms. The van der Waals surface area contributed by atoms with Crippen LogP contribution in [0.2, 0.25) is 5.02 Å². The number of halogens is 2. The number of anilines is 2. The predicted molar refractivity (Wildman–Crippen MR) is 103 cm³/mol. The van der Waals surface area contributed by atoms with E-state index in [1.165, 1.54) is 35.4 Å². The lowest BCUT2D eigenvalue weighted by Gasteiger charge is -2.17. The van der Waals surface area contributed by atoms with Gasteiger partial charge < -0.3 is 10.2 Å². The highest BCUT2D eigenvalue weighted by Crippen LogP contribution is 2.20. The number of hydrogen-bond acceptors (Lipinski definition) is 3. The summed E-state index contributed by atoms with van der Waals surface area (Å²) in [6, 6.07) is 15.9. The second kappa shape index (κ2) is 7.97. The molecule has 27 heavy (non-hydrogen) atoms. The van der Waals surface area contributed by atoms with E-state index >= 15 is 0 Å². The Morgan fingerprint density at radius 3 is 2.52 bits per heavy atom. The summed E-state index contributed by atoms with van der Waals surface area (Å²) in [6.07, 6.45) is 1.39. The number of nitrogens with zero attached hydrogens (tertiary/aromatic N) is 2. The van der Waals surface area contributed by atoms with Crippen molar-refractivity contribution >= 4 is 34.8 Å². The number of hydrogen-bond donors (Lipinski definition) is 1. The maximum Gasteiger partial charge on any atom is 0.274 e. The van der Waals surface area contributed by atoms with Gasteiger partial charge in [0.2, 0.25) is 0 Å². The minimum atomic E-state index is -0.579. The molecule has 0 fully saturated rings. The highest BCUT2D eigenvalue weighted by atomic mass is 35.5. The molecule has 0 atom stereocenters. The molecular formula is C20H15ClFN3O2. The van der Waals surface area contributed by atoms with Gasteiger partial charge in [-0.25, -0.2) is 4.39 Å². The summed E-state index contributed by atoms with van der Waals surface area (Å²) in [5.41, 5.74) is 1.43. The zero-order chi connectivity index (χ0) is 19.4. The van der Waals surface area contributed by atoms with E-state index in [9.17, 15) is 14.0 Å². The first-order valence-corrected chi connectivity index (χ1v) is 8.39. The van der Waals surface area contributed by atoms with Crippen molar-refractivity contribution in [2.45, 2.75) is 0 Å². The van der Waals surface area contributed by atoms with Gasteiger partial charge in [0.25, 0.3) is 11.8 Å². The van der Waals surface area contributed by atoms with Crippen LogP contribution in [0.5, 0.6) is 0 Å². The van der Waals surface area contributed by atoms with Crippen LogP contribution in [0.25, 0.3) is 0 Å². The number of carbonyl (C=O) groups is 2. The molecule has 2 aromatic carbocycles. The third kappa shape index (κ3) is 4.30. The lowest BCUT2D eigenvalue weighted by Crippen LogP contribution is -2.26. The maximum atomic E-state index is 13.2. The fourth-order valence-corrected chi connectivity index (χ4v) is 2.60. The summed E-state index contributed by atoms with van der Waals surface area (Å²) < 4.78 is 13.2. The van der Waals surface area contributed by atoms with Gasteiger partial charge in [-0.3, -0.25) is 14.6 Å². The Hall–Kier alpha value is -3.25. The molecule has 1 heterocycles. The molecule has 0 aliphatic rings. The van der Waals surface area contributed by atoms with Gasteiger partial charge in [0.1, 0.15) is 11.5 Å². The summed E-state index contributed by atoms with van der Waals surface area (Å²) >= 11 is 5.71. The van der Waals surface area contributed by atoms with Gasteiger partial charge in [-0.15, -0.1) is 0 Å². The van der Waals surface area contributed by atoms with E-state index in [4.69, 9.17) is 11.6 Å². The van der Waals surface area contributed by atoms with E-state index in [1.54, 1.807) is 7.05 Å². The molecule has 0 spiro atoms. The number of pyridine rings is 1. The van der Waals surface area contributed by atoms with E-state index in [1.807, 2.05) is 30.3 Å². The fraction of sp³-hybridized carbons (Fsp3) is 0.0500. The van der Waals surface area contributed by atoms with Crippen LogP contribution in [-0.2, 0) is 0 Å². The van der Waals surface area contributed by atoms with Crippen LogP contribution < -0.4 is 10.2 Å². The summed E-state index contributed by atoms with van der Waals surface area (Å²) in [5.74, 6) is -1.39. The molecule has 0 saturated carbocycles. The average Bonchev–Trinajstić information content (AvgIpc) is 2.70. The van der Waals surface area contributed by atoms with Crippen molar-refractivity contribution in [1.82, 2.24) is 4.98 Å². The van der Waals surface area contributed by atoms with Gasteiger partial charge in [0.05, 0.1) is 5.02 Å². The van der Waals surface area contributed by atoms with E-state index in [0.29, 0.717) is 11.3 Å². The molecular weight excluding hydrogens is 369 g/mol. The molecule has 0 bridgehead atoms. The van der Waals surface area contributed by atoms with Crippen LogP contribution in [-0.4, -0.2) is 23.8 Å². The minimum Gasteiger partial charge on any atom is -0.321 e. The second-order valence-electron chi connectivity index (χ2n) is 5.71. The molecule has 2 amide bonds. The molecule has 0 aliphatic heterocycles. The van der Waals surface area contributed by atoms with Gasteiger partial charge in [-0.1, -0.05) is 29.8 Å². The van der Waals surface area contributed by atoms with Gasteiger partial charge in [0, 0.05) is 30.2 Å². The molecule has 0 aliphatic carbocycles. The molecule has 0 radical (unpaired) electrons.